The maximum Gasteiger partial charge on any atom is 0.209 e. The summed E-state index contributed by atoms with van der Waals surface area (Å²) in [5, 5.41) is 0.00201. The van der Waals surface area contributed by atoms with Gasteiger partial charge in [-0.3, -0.25) is 0 Å². The van der Waals surface area contributed by atoms with Gasteiger partial charge < -0.3 is 13.9 Å². The molecule has 3 nitrogen and oxygen atoms in total. The van der Waals surface area contributed by atoms with Crippen LogP contribution in [0.2, 0.25) is 15.1 Å². The first kappa shape index (κ1) is 31.4. The van der Waals surface area contributed by atoms with Gasteiger partial charge in [-0.05, 0) is 60.7 Å². The number of aryl methyl sites for hydroxylation is 1. The Labute approximate surface area is 246 Å². The van der Waals surface area contributed by atoms with Crippen LogP contribution in [-0.2, 0) is 24.2 Å². The zero-order valence-electron chi connectivity index (χ0n) is 25.6. The van der Waals surface area contributed by atoms with E-state index in [9.17, 15) is 0 Å². The first-order chi connectivity index (χ1) is 18.1. The Morgan fingerprint density at radius 3 is 1.44 bits per heavy atom. The van der Waals surface area contributed by atoms with Crippen molar-refractivity contribution in [2.75, 3.05) is 0 Å². The molecule has 0 aliphatic carbocycles. The molecule has 0 atom stereocenters. The lowest BCUT2D eigenvalue weighted by Gasteiger charge is -2.58. The Kier molecular flexibility index (Phi) is 9.83. The van der Waals surface area contributed by atoms with Gasteiger partial charge >= 0.3 is 0 Å². The summed E-state index contributed by atoms with van der Waals surface area (Å²) >= 11 is 3.82. The van der Waals surface area contributed by atoms with Gasteiger partial charge in [0.1, 0.15) is 24.7 Å². The smallest absolute Gasteiger partial charge is 0.209 e. The van der Waals surface area contributed by atoms with Crippen molar-refractivity contribution in [2.45, 2.75) is 104 Å². The normalized spacial score (nSPS) is 12.9. The van der Waals surface area contributed by atoms with Gasteiger partial charge in [-0.25, -0.2) is 0 Å². The fourth-order valence-electron chi connectivity index (χ4n) is 6.96. The molecule has 0 saturated carbocycles. The van der Waals surface area contributed by atoms with Crippen LogP contribution in [0.1, 0.15) is 84.6 Å². The number of benzene rings is 3. The summed E-state index contributed by atoms with van der Waals surface area (Å²) in [5.74, 6) is 1.62. The van der Waals surface area contributed by atoms with Crippen LogP contribution in [0.25, 0.3) is 0 Å². The Morgan fingerprint density at radius 2 is 1.03 bits per heavy atom. The van der Waals surface area contributed by atoms with Gasteiger partial charge in [-0.1, -0.05) is 123 Å². The minimum atomic E-state index is -2.46. The number of ether oxygens (including phenoxy) is 2. The first-order valence-electron chi connectivity index (χ1n) is 13.9. The van der Waals surface area contributed by atoms with Crippen LogP contribution in [-0.4, -0.2) is 8.32 Å². The van der Waals surface area contributed by atoms with Crippen molar-refractivity contribution in [3.8, 4) is 11.5 Å². The number of rotatable bonds is 9. The molecule has 0 aliphatic heterocycles. The van der Waals surface area contributed by atoms with Crippen LogP contribution in [0.4, 0.5) is 0 Å². The van der Waals surface area contributed by atoms with Crippen LogP contribution in [0.15, 0.2) is 71.2 Å². The van der Waals surface area contributed by atoms with Gasteiger partial charge in [0.05, 0.1) is 16.6 Å². The summed E-state index contributed by atoms with van der Waals surface area (Å²) in [6, 6.07) is 22.7. The number of halogens is 1. The van der Waals surface area contributed by atoms with Crippen LogP contribution < -0.4 is 9.47 Å². The molecule has 0 radical (unpaired) electrons. The molecule has 5 heteroatoms. The Balaban J connectivity index is 2.11. The lowest BCUT2D eigenvalue weighted by Crippen LogP contribution is -2.60. The van der Waals surface area contributed by atoms with Gasteiger partial charge in [0.15, 0.2) is 0 Å². The predicted molar refractivity (Wildman–Crippen MR) is 170 cm³/mol. The molecule has 0 fully saturated rings. The lowest BCUT2D eigenvalue weighted by molar-refractivity contribution is 0.206. The summed E-state index contributed by atoms with van der Waals surface area (Å²) < 4.78 is 21.4. The number of hydrogen-bond acceptors (Lipinski definition) is 3. The van der Waals surface area contributed by atoms with Crippen molar-refractivity contribution in [3.05, 3.63) is 93.5 Å². The molecule has 0 bridgehead atoms. The van der Waals surface area contributed by atoms with E-state index in [4.69, 9.17) is 13.9 Å². The van der Waals surface area contributed by atoms with Gasteiger partial charge in [-0.15, -0.1) is 0 Å². The highest BCUT2D eigenvalue weighted by Gasteiger charge is 2.62. The van der Waals surface area contributed by atoms with Crippen molar-refractivity contribution < 1.29 is 13.9 Å². The fourth-order valence-corrected chi connectivity index (χ4v) is 16.1. The van der Waals surface area contributed by atoms with Gasteiger partial charge in [0, 0.05) is 0 Å². The summed E-state index contributed by atoms with van der Waals surface area (Å²) in [5.41, 5.74) is 4.26. The van der Waals surface area contributed by atoms with E-state index in [0.717, 1.165) is 38.2 Å². The van der Waals surface area contributed by atoms with E-state index in [2.05, 4.69) is 115 Å². The molecule has 3 aromatic rings. The Hall–Kier alpha value is -2.08. The molecule has 3 rings (SSSR count). The third-order valence-corrected chi connectivity index (χ3v) is 15.0. The van der Waals surface area contributed by atoms with E-state index in [-0.39, 0.29) is 15.1 Å². The summed E-state index contributed by atoms with van der Waals surface area (Å²) in [6.45, 7) is 24.6. The molecule has 0 unspecified atom stereocenters. The average molecular weight is 612 g/mol. The van der Waals surface area contributed by atoms with Crippen molar-refractivity contribution in [1.82, 2.24) is 0 Å². The minimum absolute atomic E-state index is 0.000670. The van der Waals surface area contributed by atoms with Gasteiger partial charge in [0.2, 0.25) is 8.32 Å². The zero-order chi connectivity index (χ0) is 29.1. The van der Waals surface area contributed by atoms with E-state index >= 15 is 0 Å². The molecule has 0 amide bonds. The second kappa shape index (κ2) is 12.2. The van der Waals surface area contributed by atoms with Crippen molar-refractivity contribution >= 4 is 24.2 Å². The molecule has 0 aliphatic rings. The van der Waals surface area contributed by atoms with Crippen molar-refractivity contribution in [2.24, 2.45) is 0 Å². The third-order valence-electron chi connectivity index (χ3n) is 7.52. The molecule has 0 aromatic heterocycles. The lowest BCUT2D eigenvalue weighted by atomic mass is 10.1. The van der Waals surface area contributed by atoms with E-state index in [1.165, 1.54) is 0 Å². The summed E-state index contributed by atoms with van der Waals surface area (Å²) in [4.78, 5) is 0. The highest BCUT2D eigenvalue weighted by atomic mass is 79.9. The summed E-state index contributed by atoms with van der Waals surface area (Å²) in [7, 11) is -2.46. The topological polar surface area (TPSA) is 27.7 Å². The highest BCUT2D eigenvalue weighted by molar-refractivity contribution is 9.10. The van der Waals surface area contributed by atoms with Gasteiger partial charge in [0.25, 0.3) is 0 Å². The van der Waals surface area contributed by atoms with E-state index in [1.54, 1.807) is 0 Å². The van der Waals surface area contributed by atoms with E-state index in [1.807, 2.05) is 36.4 Å². The molecule has 39 heavy (non-hydrogen) atoms. The summed E-state index contributed by atoms with van der Waals surface area (Å²) in [6.07, 6.45) is 0. The highest BCUT2D eigenvalue weighted by Crippen LogP contribution is 2.63. The molecule has 0 spiro atoms. The third kappa shape index (κ3) is 6.98. The van der Waals surface area contributed by atoms with Crippen molar-refractivity contribution in [1.29, 1.82) is 0 Å². The van der Waals surface area contributed by atoms with Crippen LogP contribution >= 0.6 is 15.9 Å². The zero-order valence-corrected chi connectivity index (χ0v) is 28.2. The Morgan fingerprint density at radius 1 is 0.615 bits per heavy atom. The van der Waals surface area contributed by atoms with Crippen molar-refractivity contribution in [3.63, 3.8) is 0 Å². The molecule has 0 N–H and O–H groups in total. The largest absolute Gasteiger partial charge is 0.488 e. The monoisotopic (exact) mass is 610 g/mol. The first-order valence-corrected chi connectivity index (χ1v) is 16.6. The minimum Gasteiger partial charge on any atom is -0.488 e. The molecule has 0 heterocycles. The maximum atomic E-state index is 7.36. The molecular formula is C34H47BrO3Si. The second-order valence-electron chi connectivity index (χ2n) is 13.6. The standard InChI is InChI=1S/C34H47BrO3Si/c1-25-21-29(35)31(37-23-27-19-15-12-16-20-27)28(30(25)36-22-26-17-13-11-14-18-26)24-38-39(32(2,3)4,33(5,6)7)34(8,9)10/h11-21H,22-24H2,1-10H3. The predicted octanol–water partition coefficient (Wildman–Crippen LogP) is 10.8. The maximum absolute atomic E-state index is 7.36. The molecule has 0 saturated heterocycles. The number of hydrogen-bond donors (Lipinski definition) is 0. The van der Waals surface area contributed by atoms with Gasteiger partial charge in [-0.2, -0.15) is 0 Å². The van der Waals surface area contributed by atoms with E-state index < -0.39 is 8.32 Å². The van der Waals surface area contributed by atoms with Crippen LogP contribution in [0.3, 0.4) is 0 Å². The Bertz CT molecular complexity index is 1120. The second-order valence-corrected chi connectivity index (χ2v) is 20.6. The van der Waals surface area contributed by atoms with E-state index in [0.29, 0.717) is 19.8 Å². The van der Waals surface area contributed by atoms with Crippen LogP contribution in [0.5, 0.6) is 11.5 Å². The quantitative estimate of drug-likeness (QED) is 0.225. The SMILES string of the molecule is Cc1cc(Br)c(OCc2ccccc2)c(CO[Si](C(C)(C)C)(C(C)(C)C)C(C)(C)C)c1OCc1ccccc1. The molecule has 212 valence electrons. The average Bonchev–Trinajstić information content (AvgIpc) is 2.82. The van der Waals surface area contributed by atoms with Crippen LogP contribution in [0, 0.1) is 6.92 Å². The molecule has 3 aromatic carbocycles. The molecular weight excluding hydrogens is 564 g/mol. The fraction of sp³-hybridized carbons (Fsp3) is 0.471.